The molecule has 1 N–H and O–H groups in total. The van der Waals surface area contributed by atoms with Gasteiger partial charge in [-0.15, -0.1) is 11.6 Å². The fourth-order valence-electron chi connectivity index (χ4n) is 1.31. The van der Waals surface area contributed by atoms with Crippen molar-refractivity contribution in [1.82, 2.24) is 15.0 Å². The molecule has 0 aliphatic rings. The molecule has 2 aromatic heterocycles. The number of pyridine rings is 1. The Hall–Kier alpha value is -1.29. The number of alkyl halides is 1. The Labute approximate surface area is 92.6 Å². The third-order valence-electron chi connectivity index (χ3n) is 2.01. The van der Waals surface area contributed by atoms with E-state index in [4.69, 9.17) is 16.3 Å². The van der Waals surface area contributed by atoms with Gasteiger partial charge in [0.1, 0.15) is 5.82 Å². The molecule has 5 heteroatoms. The summed E-state index contributed by atoms with van der Waals surface area (Å²) in [4.78, 5) is 11.6. The van der Waals surface area contributed by atoms with Crippen LogP contribution in [0.5, 0.6) is 5.88 Å². The Kier molecular flexibility index (Phi) is 2.77. The van der Waals surface area contributed by atoms with Gasteiger partial charge in [-0.05, 0) is 19.9 Å². The molecule has 2 rings (SSSR count). The fraction of sp³-hybridized carbons (Fsp3) is 0.400. The van der Waals surface area contributed by atoms with Gasteiger partial charge in [-0.3, -0.25) is 0 Å². The van der Waals surface area contributed by atoms with Crippen molar-refractivity contribution in [3.63, 3.8) is 0 Å². The van der Waals surface area contributed by atoms with Gasteiger partial charge in [0, 0.05) is 6.07 Å². The number of aromatic amines is 1. The molecular formula is C10H12ClN3O. The number of aromatic nitrogens is 3. The lowest BCUT2D eigenvalue weighted by Crippen LogP contribution is -1.93. The monoisotopic (exact) mass is 225 g/mol. The Balaban J connectivity index is 2.43. The SMILES string of the molecule is CCOc1ccc2[nH]c(C(C)Cl)nc2n1. The standard InChI is InChI=1S/C10H12ClN3O/c1-3-15-8-5-4-7-10(13-8)14-9(12-7)6(2)11/h4-6H,3H2,1-2H3,(H,12,13,14). The zero-order valence-corrected chi connectivity index (χ0v) is 9.38. The minimum atomic E-state index is -0.144. The lowest BCUT2D eigenvalue weighted by atomic mass is 10.4. The van der Waals surface area contributed by atoms with Gasteiger partial charge < -0.3 is 9.72 Å². The van der Waals surface area contributed by atoms with Gasteiger partial charge >= 0.3 is 0 Å². The minimum absolute atomic E-state index is 0.144. The second kappa shape index (κ2) is 4.06. The molecule has 0 aromatic carbocycles. The van der Waals surface area contributed by atoms with Crippen molar-refractivity contribution in [1.29, 1.82) is 0 Å². The Morgan fingerprint density at radius 3 is 2.93 bits per heavy atom. The van der Waals surface area contributed by atoms with Gasteiger partial charge in [0.2, 0.25) is 5.88 Å². The number of H-pyrrole nitrogens is 1. The number of nitrogens with one attached hydrogen (secondary N) is 1. The predicted molar refractivity (Wildman–Crippen MR) is 59.3 cm³/mol. The van der Waals surface area contributed by atoms with Crippen molar-refractivity contribution in [2.75, 3.05) is 6.61 Å². The minimum Gasteiger partial charge on any atom is -0.478 e. The Morgan fingerprint density at radius 2 is 2.27 bits per heavy atom. The van der Waals surface area contributed by atoms with Crippen molar-refractivity contribution in [3.8, 4) is 5.88 Å². The molecule has 0 aliphatic carbocycles. The van der Waals surface area contributed by atoms with E-state index in [-0.39, 0.29) is 5.38 Å². The third-order valence-corrected chi connectivity index (χ3v) is 2.21. The summed E-state index contributed by atoms with van der Waals surface area (Å²) in [6, 6.07) is 3.70. The first-order valence-corrected chi connectivity index (χ1v) is 5.28. The molecule has 0 fully saturated rings. The van der Waals surface area contributed by atoms with E-state index in [1.807, 2.05) is 26.0 Å². The van der Waals surface area contributed by atoms with E-state index in [2.05, 4.69) is 15.0 Å². The summed E-state index contributed by atoms with van der Waals surface area (Å²) in [6.07, 6.45) is 0. The van der Waals surface area contributed by atoms with Crippen LogP contribution in [0.1, 0.15) is 25.0 Å². The number of halogens is 1. The molecule has 80 valence electrons. The van der Waals surface area contributed by atoms with Gasteiger partial charge in [-0.25, -0.2) is 4.98 Å². The summed E-state index contributed by atoms with van der Waals surface area (Å²) in [6.45, 7) is 4.38. The lowest BCUT2D eigenvalue weighted by Gasteiger charge is -1.99. The van der Waals surface area contributed by atoms with E-state index >= 15 is 0 Å². The molecule has 0 saturated heterocycles. The molecule has 0 aliphatic heterocycles. The second-order valence-corrected chi connectivity index (χ2v) is 3.85. The highest BCUT2D eigenvalue weighted by Crippen LogP contribution is 2.20. The van der Waals surface area contributed by atoms with Crippen LogP contribution in [0.25, 0.3) is 11.2 Å². The van der Waals surface area contributed by atoms with Crippen LogP contribution < -0.4 is 4.74 Å². The van der Waals surface area contributed by atoms with Crippen LogP contribution in [0.2, 0.25) is 0 Å². The maximum Gasteiger partial charge on any atom is 0.215 e. The zero-order valence-electron chi connectivity index (χ0n) is 8.62. The zero-order chi connectivity index (χ0) is 10.8. The van der Waals surface area contributed by atoms with Crippen LogP contribution in [-0.4, -0.2) is 21.6 Å². The number of fused-ring (bicyclic) bond motifs is 1. The summed E-state index contributed by atoms with van der Waals surface area (Å²) in [5.41, 5.74) is 1.52. The quantitative estimate of drug-likeness (QED) is 0.817. The normalized spacial score (nSPS) is 13.0. The highest BCUT2D eigenvalue weighted by molar-refractivity contribution is 6.20. The number of rotatable bonds is 3. The molecule has 2 heterocycles. The highest BCUT2D eigenvalue weighted by atomic mass is 35.5. The molecule has 0 spiro atoms. The summed E-state index contributed by atoms with van der Waals surface area (Å²) in [5.74, 6) is 1.32. The molecule has 0 bridgehead atoms. The first kappa shape index (κ1) is 10.2. The van der Waals surface area contributed by atoms with Crippen molar-refractivity contribution in [3.05, 3.63) is 18.0 Å². The summed E-state index contributed by atoms with van der Waals surface area (Å²) < 4.78 is 5.29. The maximum atomic E-state index is 5.92. The number of ether oxygens (including phenoxy) is 1. The molecule has 15 heavy (non-hydrogen) atoms. The van der Waals surface area contributed by atoms with Crippen LogP contribution in [0.4, 0.5) is 0 Å². The Bertz CT molecular complexity index is 467. The van der Waals surface area contributed by atoms with E-state index in [9.17, 15) is 0 Å². The van der Waals surface area contributed by atoms with Gasteiger partial charge in [0.25, 0.3) is 0 Å². The number of imidazole rings is 1. The smallest absolute Gasteiger partial charge is 0.215 e. The molecule has 0 radical (unpaired) electrons. The number of nitrogens with zero attached hydrogens (tertiary/aromatic N) is 2. The molecule has 2 aromatic rings. The molecule has 0 amide bonds. The average Bonchev–Trinajstić information content (AvgIpc) is 2.61. The lowest BCUT2D eigenvalue weighted by molar-refractivity contribution is 0.328. The van der Waals surface area contributed by atoms with Crippen molar-refractivity contribution < 1.29 is 4.74 Å². The fourth-order valence-corrected chi connectivity index (χ4v) is 1.41. The van der Waals surface area contributed by atoms with E-state index in [1.54, 1.807) is 0 Å². The van der Waals surface area contributed by atoms with Crippen LogP contribution in [-0.2, 0) is 0 Å². The van der Waals surface area contributed by atoms with Gasteiger partial charge in [-0.1, -0.05) is 0 Å². The third kappa shape index (κ3) is 2.04. The van der Waals surface area contributed by atoms with E-state index < -0.39 is 0 Å². The van der Waals surface area contributed by atoms with Gasteiger partial charge in [0.15, 0.2) is 5.65 Å². The first-order chi connectivity index (χ1) is 7.20. The average molecular weight is 226 g/mol. The number of hydrogen-bond acceptors (Lipinski definition) is 3. The van der Waals surface area contributed by atoms with E-state index in [1.165, 1.54) is 0 Å². The van der Waals surface area contributed by atoms with Gasteiger partial charge in [0.05, 0.1) is 17.5 Å². The van der Waals surface area contributed by atoms with Crippen LogP contribution in [0.3, 0.4) is 0 Å². The molecular weight excluding hydrogens is 214 g/mol. The molecule has 1 atom stereocenters. The largest absolute Gasteiger partial charge is 0.478 e. The van der Waals surface area contributed by atoms with Crippen LogP contribution in [0.15, 0.2) is 12.1 Å². The summed E-state index contributed by atoms with van der Waals surface area (Å²) in [7, 11) is 0. The predicted octanol–water partition coefficient (Wildman–Crippen LogP) is 2.66. The highest BCUT2D eigenvalue weighted by Gasteiger charge is 2.09. The Morgan fingerprint density at radius 1 is 1.47 bits per heavy atom. The van der Waals surface area contributed by atoms with E-state index in [0.29, 0.717) is 18.1 Å². The second-order valence-electron chi connectivity index (χ2n) is 3.19. The maximum absolute atomic E-state index is 5.92. The summed E-state index contributed by atoms with van der Waals surface area (Å²) in [5, 5.41) is -0.144. The van der Waals surface area contributed by atoms with E-state index in [0.717, 1.165) is 11.3 Å². The summed E-state index contributed by atoms with van der Waals surface area (Å²) >= 11 is 5.92. The van der Waals surface area contributed by atoms with Crippen LogP contribution in [0, 0.1) is 0 Å². The van der Waals surface area contributed by atoms with Gasteiger partial charge in [-0.2, -0.15) is 4.98 Å². The van der Waals surface area contributed by atoms with Crippen molar-refractivity contribution in [2.45, 2.75) is 19.2 Å². The first-order valence-electron chi connectivity index (χ1n) is 4.84. The van der Waals surface area contributed by atoms with Crippen LogP contribution >= 0.6 is 11.6 Å². The topological polar surface area (TPSA) is 50.8 Å². The molecule has 1 unspecified atom stereocenters. The van der Waals surface area contributed by atoms with Crippen molar-refractivity contribution >= 4 is 22.8 Å². The number of hydrogen-bond donors (Lipinski definition) is 1. The van der Waals surface area contributed by atoms with Crippen molar-refractivity contribution in [2.24, 2.45) is 0 Å². The molecule has 4 nitrogen and oxygen atoms in total. The molecule has 0 saturated carbocycles.